The highest BCUT2D eigenvalue weighted by molar-refractivity contribution is 9.10. The smallest absolute Gasteiger partial charge is 0.233 e. The molecule has 7 heteroatoms. The van der Waals surface area contributed by atoms with E-state index in [1.165, 1.54) is 0 Å². The summed E-state index contributed by atoms with van der Waals surface area (Å²) < 4.78 is 26.6. The van der Waals surface area contributed by atoms with Gasteiger partial charge in [-0.05, 0) is 54.4 Å². The van der Waals surface area contributed by atoms with Crippen molar-refractivity contribution >= 4 is 31.8 Å². The lowest BCUT2D eigenvalue weighted by Gasteiger charge is -2.08. The topological polar surface area (TPSA) is 85.1 Å². The first kappa shape index (κ1) is 14.4. The lowest BCUT2D eigenvalue weighted by atomic mass is 10.3. The van der Waals surface area contributed by atoms with E-state index in [-0.39, 0.29) is 5.75 Å². The number of anilines is 1. The van der Waals surface area contributed by atoms with Crippen molar-refractivity contribution in [2.75, 3.05) is 17.0 Å². The molecule has 1 heterocycles. The average molecular weight is 322 g/mol. The van der Waals surface area contributed by atoms with E-state index in [0.29, 0.717) is 25.2 Å². The molecule has 1 rings (SSSR count). The SMILES string of the molecule is Cc1nc(NS(=O)(=O)CCCCN)ccc1Br. The monoisotopic (exact) mass is 321 g/mol. The van der Waals surface area contributed by atoms with E-state index in [2.05, 4.69) is 25.6 Å². The van der Waals surface area contributed by atoms with E-state index < -0.39 is 10.0 Å². The van der Waals surface area contributed by atoms with Crippen molar-refractivity contribution in [2.45, 2.75) is 19.8 Å². The molecule has 1 aromatic heterocycles. The molecule has 1 aromatic rings. The second-order valence-corrected chi connectivity index (χ2v) is 6.38. The molecular weight excluding hydrogens is 306 g/mol. The maximum Gasteiger partial charge on any atom is 0.233 e. The van der Waals surface area contributed by atoms with Crippen LogP contribution in [0.3, 0.4) is 0 Å². The summed E-state index contributed by atoms with van der Waals surface area (Å²) in [7, 11) is -3.32. The van der Waals surface area contributed by atoms with E-state index >= 15 is 0 Å². The highest BCUT2D eigenvalue weighted by atomic mass is 79.9. The van der Waals surface area contributed by atoms with Crippen LogP contribution in [0, 0.1) is 6.92 Å². The van der Waals surface area contributed by atoms with Crippen LogP contribution in [0.25, 0.3) is 0 Å². The quantitative estimate of drug-likeness (QED) is 0.780. The van der Waals surface area contributed by atoms with Gasteiger partial charge in [-0.2, -0.15) is 0 Å². The summed E-state index contributed by atoms with van der Waals surface area (Å²) in [5.74, 6) is 0.416. The molecular formula is C10H16BrN3O2S. The molecule has 0 saturated carbocycles. The Hall–Kier alpha value is -0.660. The third-order valence-corrected chi connectivity index (χ3v) is 4.33. The zero-order valence-electron chi connectivity index (χ0n) is 9.61. The van der Waals surface area contributed by atoms with Gasteiger partial charge >= 0.3 is 0 Å². The van der Waals surface area contributed by atoms with Crippen molar-refractivity contribution < 1.29 is 8.42 Å². The summed E-state index contributed by atoms with van der Waals surface area (Å²) in [5.41, 5.74) is 6.06. The van der Waals surface area contributed by atoms with E-state index in [1.807, 2.05) is 0 Å². The van der Waals surface area contributed by atoms with E-state index in [4.69, 9.17) is 5.73 Å². The van der Waals surface area contributed by atoms with Gasteiger partial charge in [0.25, 0.3) is 0 Å². The minimum absolute atomic E-state index is 0.0704. The molecule has 5 nitrogen and oxygen atoms in total. The average Bonchev–Trinajstić information content (AvgIpc) is 2.23. The molecule has 0 saturated heterocycles. The Kier molecular flexibility index (Phi) is 5.35. The number of nitrogens with one attached hydrogen (secondary N) is 1. The first-order valence-electron chi connectivity index (χ1n) is 5.28. The molecule has 0 aliphatic carbocycles. The molecule has 0 amide bonds. The molecule has 0 aliphatic rings. The summed E-state index contributed by atoms with van der Waals surface area (Å²) >= 11 is 3.31. The number of hydrogen-bond donors (Lipinski definition) is 2. The first-order chi connectivity index (χ1) is 7.94. The van der Waals surface area contributed by atoms with Gasteiger partial charge in [-0.1, -0.05) is 0 Å². The maximum atomic E-state index is 11.7. The van der Waals surface area contributed by atoms with Gasteiger partial charge in [-0.15, -0.1) is 0 Å². The van der Waals surface area contributed by atoms with Crippen LogP contribution in [0.2, 0.25) is 0 Å². The predicted octanol–water partition coefficient (Wildman–Crippen LogP) is 1.63. The fourth-order valence-electron chi connectivity index (χ4n) is 1.25. The lowest BCUT2D eigenvalue weighted by molar-refractivity contribution is 0.597. The van der Waals surface area contributed by atoms with Crippen LogP contribution in [0.15, 0.2) is 16.6 Å². The van der Waals surface area contributed by atoms with Crippen LogP contribution in [-0.2, 0) is 10.0 Å². The Morgan fingerprint density at radius 2 is 2.12 bits per heavy atom. The Morgan fingerprint density at radius 1 is 1.41 bits per heavy atom. The van der Waals surface area contributed by atoms with Gasteiger partial charge in [-0.3, -0.25) is 4.72 Å². The molecule has 0 unspecified atom stereocenters. The van der Waals surface area contributed by atoms with Crippen molar-refractivity contribution in [3.05, 3.63) is 22.3 Å². The molecule has 17 heavy (non-hydrogen) atoms. The van der Waals surface area contributed by atoms with Gasteiger partial charge in [-0.25, -0.2) is 13.4 Å². The van der Waals surface area contributed by atoms with Crippen molar-refractivity contribution in [3.8, 4) is 0 Å². The van der Waals surface area contributed by atoms with Gasteiger partial charge in [0.2, 0.25) is 10.0 Å². The number of unbranched alkanes of at least 4 members (excludes halogenated alkanes) is 1. The fraction of sp³-hybridized carbons (Fsp3) is 0.500. The molecule has 0 fully saturated rings. The van der Waals surface area contributed by atoms with E-state index in [9.17, 15) is 8.42 Å². The number of pyridine rings is 1. The summed E-state index contributed by atoms with van der Waals surface area (Å²) in [4.78, 5) is 4.12. The molecule has 0 aliphatic heterocycles. The van der Waals surface area contributed by atoms with Crippen molar-refractivity contribution in [1.82, 2.24) is 4.98 Å². The lowest BCUT2D eigenvalue weighted by Crippen LogP contribution is -2.18. The van der Waals surface area contributed by atoms with Crippen LogP contribution in [0.1, 0.15) is 18.5 Å². The summed E-state index contributed by atoms with van der Waals surface area (Å²) in [5, 5.41) is 0. The zero-order valence-corrected chi connectivity index (χ0v) is 12.0. The summed E-state index contributed by atoms with van der Waals surface area (Å²) in [6.45, 7) is 2.31. The number of nitrogens with two attached hydrogens (primary N) is 1. The van der Waals surface area contributed by atoms with E-state index in [1.54, 1.807) is 19.1 Å². The Morgan fingerprint density at radius 3 is 2.71 bits per heavy atom. The van der Waals surface area contributed by atoms with Gasteiger partial charge < -0.3 is 5.73 Å². The van der Waals surface area contributed by atoms with Gasteiger partial charge in [0.05, 0.1) is 11.4 Å². The van der Waals surface area contributed by atoms with Crippen LogP contribution < -0.4 is 10.5 Å². The second-order valence-electron chi connectivity index (χ2n) is 3.68. The molecule has 0 atom stereocenters. The predicted molar refractivity (Wildman–Crippen MR) is 72.4 cm³/mol. The number of aryl methyl sites for hydroxylation is 1. The number of aromatic nitrogens is 1. The molecule has 0 radical (unpaired) electrons. The minimum atomic E-state index is -3.32. The van der Waals surface area contributed by atoms with Crippen molar-refractivity contribution in [2.24, 2.45) is 5.73 Å². The number of sulfonamides is 1. The van der Waals surface area contributed by atoms with Gasteiger partial charge in [0.15, 0.2) is 0 Å². The number of halogens is 1. The van der Waals surface area contributed by atoms with Gasteiger partial charge in [0.1, 0.15) is 5.82 Å². The summed E-state index contributed by atoms with van der Waals surface area (Å²) in [6, 6.07) is 3.39. The molecule has 0 aromatic carbocycles. The Labute approximate surface area is 110 Å². The third-order valence-electron chi connectivity index (χ3n) is 2.15. The van der Waals surface area contributed by atoms with E-state index in [0.717, 1.165) is 10.2 Å². The van der Waals surface area contributed by atoms with Crippen LogP contribution in [0.5, 0.6) is 0 Å². The maximum absolute atomic E-state index is 11.7. The van der Waals surface area contributed by atoms with Gasteiger partial charge in [0, 0.05) is 4.47 Å². The molecule has 3 N–H and O–H groups in total. The third kappa shape index (κ3) is 5.01. The first-order valence-corrected chi connectivity index (χ1v) is 7.73. The highest BCUT2D eigenvalue weighted by Crippen LogP contribution is 2.17. The minimum Gasteiger partial charge on any atom is -0.330 e. The van der Waals surface area contributed by atoms with Crippen molar-refractivity contribution in [1.29, 1.82) is 0 Å². The normalized spacial score (nSPS) is 11.5. The number of nitrogens with zero attached hydrogens (tertiary/aromatic N) is 1. The largest absolute Gasteiger partial charge is 0.330 e. The second kappa shape index (κ2) is 6.32. The highest BCUT2D eigenvalue weighted by Gasteiger charge is 2.11. The van der Waals surface area contributed by atoms with Crippen LogP contribution in [0.4, 0.5) is 5.82 Å². The number of hydrogen-bond acceptors (Lipinski definition) is 4. The molecule has 0 spiro atoms. The van der Waals surface area contributed by atoms with Crippen LogP contribution >= 0.6 is 15.9 Å². The standard InChI is InChI=1S/C10H16BrN3O2S/c1-8-9(11)4-5-10(13-8)14-17(15,16)7-3-2-6-12/h4-5H,2-3,6-7,12H2,1H3,(H,13,14). The Bertz CT molecular complexity index is 476. The Balaban J connectivity index is 2.66. The molecule has 96 valence electrons. The number of rotatable bonds is 6. The summed E-state index contributed by atoms with van der Waals surface area (Å²) in [6.07, 6.45) is 1.26. The van der Waals surface area contributed by atoms with Crippen molar-refractivity contribution in [3.63, 3.8) is 0 Å². The fourth-order valence-corrected chi connectivity index (χ4v) is 2.59. The zero-order chi connectivity index (χ0) is 12.9. The van der Waals surface area contributed by atoms with Crippen LogP contribution in [-0.4, -0.2) is 25.7 Å². The molecule has 0 bridgehead atoms.